The van der Waals surface area contributed by atoms with Crippen LogP contribution in [-0.4, -0.2) is 4.57 Å². The lowest BCUT2D eigenvalue weighted by atomic mass is 9.96. The second kappa shape index (κ2) is 13.6. The summed E-state index contributed by atoms with van der Waals surface area (Å²) in [6.45, 7) is 0. The van der Waals surface area contributed by atoms with Gasteiger partial charge in [0.25, 0.3) is 0 Å². The maximum atomic E-state index is 7.07. The van der Waals surface area contributed by atoms with Crippen LogP contribution in [0.15, 0.2) is 227 Å². The summed E-state index contributed by atoms with van der Waals surface area (Å²) in [5, 5.41) is 9.12. The predicted molar refractivity (Wildman–Crippen MR) is 258 cm³/mol. The summed E-state index contributed by atoms with van der Waals surface area (Å²) < 4.78 is 15.9. The van der Waals surface area contributed by atoms with Gasteiger partial charge in [-0.15, -0.1) is 0 Å². The highest BCUT2D eigenvalue weighted by Gasteiger charge is 2.27. The van der Waals surface area contributed by atoms with Crippen molar-refractivity contribution in [3.63, 3.8) is 0 Å². The molecular weight excluding hydrogens is 757 g/mol. The van der Waals surface area contributed by atoms with Crippen molar-refractivity contribution in [2.75, 3.05) is 4.90 Å². The molecule has 0 spiro atoms. The third-order valence-corrected chi connectivity index (χ3v) is 12.6. The topological polar surface area (TPSA) is 34.5 Å². The highest BCUT2D eigenvalue weighted by atomic mass is 16.3. The fourth-order valence-electron chi connectivity index (χ4n) is 9.82. The monoisotopic (exact) mass is 792 g/mol. The minimum Gasteiger partial charge on any atom is -0.456 e. The molecule has 0 atom stereocenters. The molecule has 0 aliphatic carbocycles. The van der Waals surface area contributed by atoms with Crippen LogP contribution in [-0.2, 0) is 0 Å². The van der Waals surface area contributed by atoms with E-state index in [4.69, 9.17) is 8.83 Å². The summed E-state index contributed by atoms with van der Waals surface area (Å²) in [6, 6.07) is 78.0. The van der Waals surface area contributed by atoms with Crippen molar-refractivity contribution in [2.45, 2.75) is 0 Å². The SMILES string of the molecule is c1ccc(-n2c3ccccc3c3cccc(-c4ccc5c(oc6ccccc65)c4N(c4ccc(-c5cccc6ccccc56)cc4)c4ccc5oc6ccccc6c5c4)c32)cc1. The summed E-state index contributed by atoms with van der Waals surface area (Å²) >= 11 is 0. The molecule has 0 radical (unpaired) electrons. The number of fused-ring (bicyclic) bond motifs is 10. The molecule has 3 heterocycles. The molecule has 0 aliphatic rings. The normalized spacial score (nSPS) is 11.9. The first-order chi connectivity index (χ1) is 30.8. The van der Waals surface area contributed by atoms with E-state index < -0.39 is 0 Å². The average Bonchev–Trinajstić information content (AvgIpc) is 4.02. The summed E-state index contributed by atoms with van der Waals surface area (Å²) in [7, 11) is 0. The molecule has 290 valence electrons. The number of furan rings is 2. The van der Waals surface area contributed by atoms with E-state index in [1.807, 2.05) is 18.2 Å². The molecule has 4 heteroatoms. The van der Waals surface area contributed by atoms with Gasteiger partial charge in [0.2, 0.25) is 0 Å². The Hall–Kier alpha value is -8.34. The van der Waals surface area contributed by atoms with Gasteiger partial charge in [0.1, 0.15) is 16.7 Å². The summed E-state index contributed by atoms with van der Waals surface area (Å²) in [6.07, 6.45) is 0. The largest absolute Gasteiger partial charge is 0.456 e. The van der Waals surface area contributed by atoms with Crippen molar-refractivity contribution in [3.8, 4) is 27.9 Å². The Morgan fingerprint density at radius 1 is 0.355 bits per heavy atom. The number of hydrogen-bond acceptors (Lipinski definition) is 3. The zero-order chi connectivity index (χ0) is 40.7. The van der Waals surface area contributed by atoms with Gasteiger partial charge in [0.05, 0.1) is 16.7 Å². The van der Waals surface area contributed by atoms with Crippen LogP contribution in [0.25, 0.3) is 104 Å². The minimum atomic E-state index is 0.818. The highest BCUT2D eigenvalue weighted by molar-refractivity contribution is 6.19. The zero-order valence-corrected chi connectivity index (χ0v) is 33.5. The van der Waals surface area contributed by atoms with Gasteiger partial charge in [-0.05, 0) is 88.6 Å². The molecule has 3 aromatic heterocycles. The number of nitrogens with zero attached hydrogens (tertiary/aromatic N) is 2. The second-order valence-corrected chi connectivity index (χ2v) is 16.0. The van der Waals surface area contributed by atoms with Crippen molar-refractivity contribution in [1.29, 1.82) is 0 Å². The van der Waals surface area contributed by atoms with Gasteiger partial charge < -0.3 is 18.3 Å². The van der Waals surface area contributed by atoms with Crippen LogP contribution in [0.5, 0.6) is 0 Å². The molecule has 0 N–H and O–H groups in total. The predicted octanol–water partition coefficient (Wildman–Crippen LogP) is 16.5. The molecule has 0 bridgehead atoms. The van der Waals surface area contributed by atoms with E-state index in [0.29, 0.717) is 0 Å². The van der Waals surface area contributed by atoms with E-state index in [2.05, 4.69) is 210 Å². The summed E-state index contributed by atoms with van der Waals surface area (Å²) in [5.41, 5.74) is 14.3. The van der Waals surface area contributed by atoms with Gasteiger partial charge in [-0.25, -0.2) is 0 Å². The smallest absolute Gasteiger partial charge is 0.160 e. The van der Waals surface area contributed by atoms with Crippen molar-refractivity contribution < 1.29 is 8.83 Å². The molecule has 0 saturated heterocycles. The molecule has 0 saturated carbocycles. The van der Waals surface area contributed by atoms with E-state index in [1.165, 1.54) is 27.1 Å². The summed E-state index contributed by atoms with van der Waals surface area (Å²) in [4.78, 5) is 2.39. The van der Waals surface area contributed by atoms with E-state index in [0.717, 1.165) is 94.4 Å². The van der Waals surface area contributed by atoms with Crippen LogP contribution in [0.2, 0.25) is 0 Å². The third-order valence-electron chi connectivity index (χ3n) is 12.6. The van der Waals surface area contributed by atoms with Crippen LogP contribution < -0.4 is 4.90 Å². The lowest BCUT2D eigenvalue weighted by molar-refractivity contribution is 0.669. The number of hydrogen-bond donors (Lipinski definition) is 0. The summed E-state index contributed by atoms with van der Waals surface area (Å²) in [5.74, 6) is 0. The maximum absolute atomic E-state index is 7.07. The van der Waals surface area contributed by atoms with E-state index >= 15 is 0 Å². The van der Waals surface area contributed by atoms with Gasteiger partial charge in [-0.3, -0.25) is 0 Å². The van der Waals surface area contributed by atoms with E-state index in [9.17, 15) is 0 Å². The molecule has 13 rings (SSSR count). The zero-order valence-electron chi connectivity index (χ0n) is 33.5. The molecule has 0 unspecified atom stereocenters. The van der Waals surface area contributed by atoms with Crippen LogP contribution in [0.4, 0.5) is 17.1 Å². The van der Waals surface area contributed by atoms with Crippen molar-refractivity contribution in [1.82, 2.24) is 4.57 Å². The fourth-order valence-corrected chi connectivity index (χ4v) is 9.82. The maximum Gasteiger partial charge on any atom is 0.160 e. The standard InChI is InChI=1S/C58H36N2O2/c1-2-16-39(17-3-1)60-52-25-9-6-19-44(52)47-23-13-24-48(56(47)60)49-33-34-50-45-20-7-11-27-54(45)62-58(50)57(49)59(41-32-35-55-51(36-41)46-21-8-10-26-53(46)61-55)40-30-28-38(29-31-40)43-22-12-15-37-14-4-5-18-42(37)43/h1-36H. The highest BCUT2D eigenvalue weighted by Crippen LogP contribution is 2.50. The minimum absolute atomic E-state index is 0.818. The molecule has 10 aromatic carbocycles. The molecule has 13 aromatic rings. The van der Waals surface area contributed by atoms with Crippen molar-refractivity contribution in [2.24, 2.45) is 0 Å². The van der Waals surface area contributed by atoms with Gasteiger partial charge in [0.15, 0.2) is 5.58 Å². The Labute approximate surface area is 356 Å². The van der Waals surface area contributed by atoms with Crippen LogP contribution in [0, 0.1) is 0 Å². The quantitative estimate of drug-likeness (QED) is 0.168. The van der Waals surface area contributed by atoms with Crippen molar-refractivity contribution >= 4 is 93.5 Å². The second-order valence-electron chi connectivity index (χ2n) is 16.0. The Kier molecular flexibility index (Phi) is 7.57. The van der Waals surface area contributed by atoms with Crippen LogP contribution in [0.1, 0.15) is 0 Å². The molecule has 62 heavy (non-hydrogen) atoms. The lowest BCUT2D eigenvalue weighted by Crippen LogP contribution is -2.12. The Morgan fingerprint density at radius 2 is 0.968 bits per heavy atom. The number of anilines is 3. The van der Waals surface area contributed by atoms with Crippen LogP contribution in [0.3, 0.4) is 0 Å². The molecular formula is C58H36N2O2. The molecule has 0 aliphatic heterocycles. The van der Waals surface area contributed by atoms with Gasteiger partial charge >= 0.3 is 0 Å². The fraction of sp³-hybridized carbons (Fsp3) is 0. The number of para-hydroxylation sites is 5. The lowest BCUT2D eigenvalue weighted by Gasteiger charge is -2.28. The number of aromatic nitrogens is 1. The van der Waals surface area contributed by atoms with Crippen molar-refractivity contribution in [3.05, 3.63) is 218 Å². The van der Waals surface area contributed by atoms with Gasteiger partial charge in [-0.1, -0.05) is 152 Å². The molecule has 0 fully saturated rings. The Morgan fingerprint density at radius 3 is 1.81 bits per heavy atom. The first kappa shape index (κ1) is 34.5. The molecule has 0 amide bonds. The first-order valence-electron chi connectivity index (χ1n) is 21.1. The van der Waals surface area contributed by atoms with E-state index in [1.54, 1.807) is 0 Å². The van der Waals surface area contributed by atoms with Gasteiger partial charge in [0, 0.05) is 60.5 Å². The number of benzene rings is 10. The van der Waals surface area contributed by atoms with Gasteiger partial charge in [-0.2, -0.15) is 0 Å². The third kappa shape index (κ3) is 5.20. The molecule has 4 nitrogen and oxygen atoms in total. The Bertz CT molecular complexity index is 3870. The first-order valence-corrected chi connectivity index (χ1v) is 21.1. The number of rotatable bonds is 6. The Balaban J connectivity index is 1.14. The average molecular weight is 793 g/mol. The van der Waals surface area contributed by atoms with E-state index in [-0.39, 0.29) is 0 Å². The van der Waals surface area contributed by atoms with Crippen LogP contribution >= 0.6 is 0 Å².